The summed E-state index contributed by atoms with van der Waals surface area (Å²) >= 11 is 1.26. The van der Waals surface area contributed by atoms with Crippen molar-refractivity contribution in [1.82, 2.24) is 0 Å². The van der Waals surface area contributed by atoms with Gasteiger partial charge in [0.25, 0.3) is 5.91 Å². The summed E-state index contributed by atoms with van der Waals surface area (Å²) in [5.74, 6) is -0.653. The minimum Gasteiger partial charge on any atom is -0.397 e. The number of methoxy groups -OCH3 is 1. The van der Waals surface area contributed by atoms with E-state index in [2.05, 4.69) is 0 Å². The average Bonchev–Trinajstić information content (AvgIpc) is 2.84. The molecule has 0 bridgehead atoms. The molecule has 1 aliphatic rings. The van der Waals surface area contributed by atoms with Crippen LogP contribution in [0.25, 0.3) is 0 Å². The van der Waals surface area contributed by atoms with Gasteiger partial charge in [0.05, 0.1) is 22.2 Å². The van der Waals surface area contributed by atoms with Gasteiger partial charge in [-0.1, -0.05) is 6.92 Å². The minimum atomic E-state index is -0.589. The Morgan fingerprint density at radius 2 is 2.19 bits per heavy atom. The summed E-state index contributed by atoms with van der Waals surface area (Å²) in [6, 6.07) is 0. The van der Waals surface area contributed by atoms with Crippen LogP contribution in [0.1, 0.15) is 46.2 Å². The molecular formula is C14H21N3O3S. The van der Waals surface area contributed by atoms with E-state index in [1.807, 2.05) is 4.90 Å². The Balaban J connectivity index is 2.42. The van der Waals surface area contributed by atoms with E-state index in [1.54, 1.807) is 14.0 Å². The maximum atomic E-state index is 12.0. The number of ketones is 1. The van der Waals surface area contributed by atoms with Crippen molar-refractivity contribution in [1.29, 1.82) is 0 Å². The number of carbonyl (C=O) groups excluding carboxylic acids is 2. The molecule has 1 amide bonds. The zero-order valence-electron chi connectivity index (χ0n) is 12.3. The van der Waals surface area contributed by atoms with Gasteiger partial charge in [-0.25, -0.2) is 0 Å². The smallest absolute Gasteiger partial charge is 0.253 e. The van der Waals surface area contributed by atoms with E-state index in [0.717, 1.165) is 19.4 Å². The van der Waals surface area contributed by atoms with Crippen LogP contribution in [-0.4, -0.2) is 38.0 Å². The molecule has 0 aliphatic carbocycles. The largest absolute Gasteiger partial charge is 0.397 e. The van der Waals surface area contributed by atoms with E-state index in [9.17, 15) is 9.59 Å². The SMILES string of the molecule is CCC(=O)c1sc(N2CCCC(OC)C2)c(C(N)=O)c1N. The van der Waals surface area contributed by atoms with Crippen LogP contribution in [0.2, 0.25) is 0 Å². The van der Waals surface area contributed by atoms with Gasteiger partial charge in [0.2, 0.25) is 0 Å². The molecule has 21 heavy (non-hydrogen) atoms. The fraction of sp³-hybridized carbons (Fsp3) is 0.571. The lowest BCUT2D eigenvalue weighted by Crippen LogP contribution is -2.39. The van der Waals surface area contributed by atoms with Gasteiger partial charge >= 0.3 is 0 Å². The van der Waals surface area contributed by atoms with Gasteiger partial charge in [0.15, 0.2) is 5.78 Å². The Morgan fingerprint density at radius 3 is 2.76 bits per heavy atom. The molecule has 2 rings (SSSR count). The van der Waals surface area contributed by atoms with E-state index in [1.165, 1.54) is 11.3 Å². The fourth-order valence-electron chi connectivity index (χ4n) is 2.57. The highest BCUT2D eigenvalue weighted by molar-refractivity contribution is 7.19. The Labute approximate surface area is 128 Å². The summed E-state index contributed by atoms with van der Waals surface area (Å²) in [5, 5.41) is 0.693. The first-order valence-corrected chi connectivity index (χ1v) is 7.84. The van der Waals surface area contributed by atoms with Crippen molar-refractivity contribution in [2.24, 2.45) is 5.73 Å². The number of anilines is 2. The van der Waals surface area contributed by atoms with Crippen molar-refractivity contribution in [2.75, 3.05) is 30.8 Å². The third-order valence-electron chi connectivity index (χ3n) is 3.75. The number of thiophene rings is 1. The molecule has 7 heteroatoms. The predicted octanol–water partition coefficient (Wildman–Crippen LogP) is 1.64. The van der Waals surface area contributed by atoms with Gasteiger partial charge in [0, 0.05) is 26.6 Å². The first-order chi connectivity index (χ1) is 9.99. The molecule has 1 aromatic heterocycles. The third-order valence-corrected chi connectivity index (χ3v) is 5.05. The molecule has 6 nitrogen and oxygen atoms in total. The molecule has 1 atom stereocenters. The molecule has 1 saturated heterocycles. The van der Waals surface area contributed by atoms with Crippen molar-refractivity contribution in [3.8, 4) is 0 Å². The number of nitrogens with zero attached hydrogens (tertiary/aromatic N) is 1. The number of amides is 1. The van der Waals surface area contributed by atoms with E-state index in [-0.39, 0.29) is 23.1 Å². The summed E-state index contributed by atoms with van der Waals surface area (Å²) in [6.07, 6.45) is 2.42. The summed E-state index contributed by atoms with van der Waals surface area (Å²) < 4.78 is 5.40. The maximum absolute atomic E-state index is 12.0. The number of nitrogen functional groups attached to an aromatic ring is 1. The summed E-state index contributed by atoms with van der Waals surface area (Å²) in [5.41, 5.74) is 11.9. The molecule has 116 valence electrons. The van der Waals surface area contributed by atoms with Crippen LogP contribution in [-0.2, 0) is 4.74 Å². The van der Waals surface area contributed by atoms with Gasteiger partial charge < -0.3 is 21.1 Å². The van der Waals surface area contributed by atoms with Crippen LogP contribution < -0.4 is 16.4 Å². The molecule has 1 fully saturated rings. The van der Waals surface area contributed by atoms with E-state index in [4.69, 9.17) is 16.2 Å². The molecule has 0 aromatic carbocycles. The monoisotopic (exact) mass is 311 g/mol. The first kappa shape index (κ1) is 15.8. The molecule has 0 spiro atoms. The van der Waals surface area contributed by atoms with Crippen molar-refractivity contribution < 1.29 is 14.3 Å². The van der Waals surface area contributed by atoms with Gasteiger partial charge in [-0.3, -0.25) is 9.59 Å². The fourth-order valence-corrected chi connectivity index (χ4v) is 3.85. The summed E-state index contributed by atoms with van der Waals surface area (Å²) in [7, 11) is 1.68. The minimum absolute atomic E-state index is 0.0634. The first-order valence-electron chi connectivity index (χ1n) is 7.02. The average molecular weight is 311 g/mol. The predicted molar refractivity (Wildman–Crippen MR) is 84.1 cm³/mol. The van der Waals surface area contributed by atoms with Gasteiger partial charge in [-0.15, -0.1) is 11.3 Å². The Hall–Kier alpha value is -1.60. The van der Waals surface area contributed by atoms with Crippen molar-refractivity contribution in [3.05, 3.63) is 10.4 Å². The third kappa shape index (κ3) is 3.03. The highest BCUT2D eigenvalue weighted by Gasteiger charge is 2.29. The highest BCUT2D eigenvalue weighted by atomic mass is 32.1. The highest BCUT2D eigenvalue weighted by Crippen LogP contribution is 2.39. The second-order valence-electron chi connectivity index (χ2n) is 5.11. The quantitative estimate of drug-likeness (QED) is 0.805. The van der Waals surface area contributed by atoms with Gasteiger partial charge in [-0.05, 0) is 12.8 Å². The Kier molecular flexibility index (Phi) is 4.84. The number of hydrogen-bond acceptors (Lipinski definition) is 6. The molecule has 0 saturated carbocycles. The lowest BCUT2D eigenvalue weighted by molar-refractivity contribution is 0.0892. The second-order valence-corrected chi connectivity index (χ2v) is 6.11. The van der Waals surface area contributed by atoms with Crippen LogP contribution >= 0.6 is 11.3 Å². The Bertz CT molecular complexity index is 556. The number of primary amides is 1. The Morgan fingerprint density at radius 1 is 1.48 bits per heavy atom. The van der Waals surface area contributed by atoms with Crippen molar-refractivity contribution >= 4 is 33.7 Å². The number of rotatable bonds is 5. The molecule has 4 N–H and O–H groups in total. The number of Topliss-reactive ketones (excluding diaryl/α,β-unsaturated/α-hetero) is 1. The summed E-state index contributed by atoms with van der Waals surface area (Å²) in [4.78, 5) is 26.2. The number of ether oxygens (including phenoxy) is 1. The molecular weight excluding hydrogens is 290 g/mol. The van der Waals surface area contributed by atoms with Crippen LogP contribution in [0.4, 0.5) is 10.7 Å². The number of carbonyl (C=O) groups is 2. The molecule has 1 aromatic rings. The lowest BCUT2D eigenvalue weighted by atomic mass is 10.1. The molecule has 1 unspecified atom stereocenters. The lowest BCUT2D eigenvalue weighted by Gasteiger charge is -2.33. The molecule has 1 aliphatic heterocycles. The van der Waals surface area contributed by atoms with E-state index >= 15 is 0 Å². The van der Waals surface area contributed by atoms with Crippen LogP contribution in [0.15, 0.2) is 0 Å². The normalized spacial score (nSPS) is 18.8. The van der Waals surface area contributed by atoms with Crippen molar-refractivity contribution in [3.63, 3.8) is 0 Å². The topological polar surface area (TPSA) is 98.6 Å². The van der Waals surface area contributed by atoms with Crippen LogP contribution in [0, 0.1) is 0 Å². The summed E-state index contributed by atoms with van der Waals surface area (Å²) in [6.45, 7) is 3.25. The van der Waals surface area contributed by atoms with Crippen LogP contribution in [0.5, 0.6) is 0 Å². The number of piperidine rings is 1. The second kappa shape index (κ2) is 6.44. The maximum Gasteiger partial charge on any atom is 0.253 e. The van der Waals surface area contributed by atoms with Crippen molar-refractivity contribution in [2.45, 2.75) is 32.3 Å². The van der Waals surface area contributed by atoms with Crippen LogP contribution in [0.3, 0.4) is 0 Å². The zero-order chi connectivity index (χ0) is 15.6. The number of nitrogens with two attached hydrogens (primary N) is 2. The standard InChI is InChI=1S/C14H21N3O3S/c1-3-9(18)12-11(15)10(13(16)19)14(21-12)17-6-4-5-8(7-17)20-2/h8H,3-7,15H2,1-2H3,(H2,16,19). The molecule has 2 heterocycles. The number of hydrogen-bond donors (Lipinski definition) is 2. The molecule has 0 radical (unpaired) electrons. The zero-order valence-corrected chi connectivity index (χ0v) is 13.2. The van der Waals surface area contributed by atoms with Gasteiger partial charge in [0.1, 0.15) is 5.00 Å². The van der Waals surface area contributed by atoms with E-state index in [0.29, 0.717) is 22.8 Å². The van der Waals surface area contributed by atoms with Gasteiger partial charge in [-0.2, -0.15) is 0 Å². The van der Waals surface area contributed by atoms with E-state index < -0.39 is 5.91 Å².